The molecule has 1 aliphatic carbocycles. The lowest BCUT2D eigenvalue weighted by atomic mass is 10.1. The number of thiol groups is 1. The van der Waals surface area contributed by atoms with E-state index in [2.05, 4.69) is 25.6 Å². The largest absolute Gasteiger partial charge is 0.389 e. The van der Waals surface area contributed by atoms with Gasteiger partial charge >= 0.3 is 0 Å². The lowest BCUT2D eigenvalue weighted by molar-refractivity contribution is 0.217. The van der Waals surface area contributed by atoms with E-state index in [-0.39, 0.29) is 6.10 Å². The van der Waals surface area contributed by atoms with Crippen LogP contribution in [0, 0.1) is 0 Å². The Morgan fingerprint density at radius 1 is 1.29 bits per heavy atom. The molecular weight excluding hydrogens is 228 g/mol. The predicted octanol–water partition coefficient (Wildman–Crippen LogP) is 4.51. The highest BCUT2D eigenvalue weighted by Crippen LogP contribution is 2.26. The van der Waals surface area contributed by atoms with Gasteiger partial charge in [-0.1, -0.05) is 51.5 Å². The van der Waals surface area contributed by atoms with Crippen molar-refractivity contribution in [3.8, 4) is 0 Å². The van der Waals surface area contributed by atoms with Crippen molar-refractivity contribution in [1.29, 1.82) is 0 Å². The van der Waals surface area contributed by atoms with Crippen LogP contribution in [0.3, 0.4) is 0 Å². The molecule has 100 valence electrons. The highest BCUT2D eigenvalue weighted by molar-refractivity contribution is 7.81. The highest BCUT2D eigenvalue weighted by Gasteiger charge is 2.18. The number of hydrogen-bond donors (Lipinski definition) is 2. The number of rotatable bonds is 8. The Kier molecular flexibility index (Phi) is 8.04. The van der Waals surface area contributed by atoms with Crippen LogP contribution in [0.5, 0.6) is 0 Å². The van der Waals surface area contributed by atoms with Crippen LogP contribution in [0.15, 0.2) is 11.6 Å². The fourth-order valence-electron chi connectivity index (χ4n) is 2.51. The van der Waals surface area contributed by atoms with Gasteiger partial charge in [0.2, 0.25) is 0 Å². The predicted molar refractivity (Wildman–Crippen MR) is 78.7 cm³/mol. The van der Waals surface area contributed by atoms with Gasteiger partial charge in [-0.15, -0.1) is 0 Å². The molecule has 0 saturated heterocycles. The summed E-state index contributed by atoms with van der Waals surface area (Å²) < 4.78 is 0. The number of unbranched alkanes of at least 4 members (excludes halogenated alkanes) is 5. The second kappa shape index (κ2) is 9.04. The summed E-state index contributed by atoms with van der Waals surface area (Å²) in [7, 11) is 0. The molecule has 2 heteroatoms. The Morgan fingerprint density at radius 2 is 2.00 bits per heavy atom. The highest BCUT2D eigenvalue weighted by atomic mass is 32.1. The minimum absolute atomic E-state index is 0.172. The third kappa shape index (κ3) is 6.52. The van der Waals surface area contributed by atoms with Crippen molar-refractivity contribution >= 4 is 12.6 Å². The molecule has 0 amide bonds. The van der Waals surface area contributed by atoms with Crippen molar-refractivity contribution in [2.24, 2.45) is 0 Å². The quantitative estimate of drug-likeness (QED) is 0.372. The van der Waals surface area contributed by atoms with Crippen LogP contribution < -0.4 is 0 Å². The van der Waals surface area contributed by atoms with Crippen LogP contribution in [0.1, 0.15) is 71.1 Å². The van der Waals surface area contributed by atoms with Gasteiger partial charge in [0.25, 0.3) is 0 Å². The molecule has 2 atom stereocenters. The fourth-order valence-corrected chi connectivity index (χ4v) is 2.88. The van der Waals surface area contributed by atoms with Crippen LogP contribution >= 0.6 is 12.6 Å². The second-order valence-electron chi connectivity index (χ2n) is 5.27. The van der Waals surface area contributed by atoms with E-state index >= 15 is 0 Å². The Morgan fingerprint density at radius 3 is 2.65 bits per heavy atom. The molecule has 0 unspecified atom stereocenters. The van der Waals surface area contributed by atoms with Crippen molar-refractivity contribution in [2.45, 2.75) is 82.5 Å². The SMILES string of the molecule is CCCCCCCC[C@H](S)/C=C1\CCC[C@@H]1O. The summed E-state index contributed by atoms with van der Waals surface area (Å²) >= 11 is 4.60. The van der Waals surface area contributed by atoms with E-state index in [4.69, 9.17) is 0 Å². The first kappa shape index (κ1) is 15.1. The van der Waals surface area contributed by atoms with E-state index in [1.54, 1.807) is 0 Å². The first-order chi connectivity index (χ1) is 8.24. The summed E-state index contributed by atoms with van der Waals surface area (Å²) in [5.74, 6) is 0. The summed E-state index contributed by atoms with van der Waals surface area (Å²) in [4.78, 5) is 0. The molecule has 1 saturated carbocycles. The molecule has 0 bridgehead atoms. The lowest BCUT2D eigenvalue weighted by Gasteiger charge is -2.09. The van der Waals surface area contributed by atoms with Gasteiger partial charge in [-0.05, 0) is 31.3 Å². The molecule has 1 nitrogen and oxygen atoms in total. The number of hydrogen-bond acceptors (Lipinski definition) is 2. The van der Waals surface area contributed by atoms with E-state index in [0.717, 1.165) is 25.7 Å². The van der Waals surface area contributed by atoms with Crippen molar-refractivity contribution in [3.05, 3.63) is 11.6 Å². The first-order valence-corrected chi connectivity index (χ1v) is 7.82. The topological polar surface area (TPSA) is 20.2 Å². The minimum atomic E-state index is -0.172. The Labute approximate surface area is 112 Å². The monoisotopic (exact) mass is 256 g/mol. The first-order valence-electron chi connectivity index (χ1n) is 7.30. The molecule has 1 rings (SSSR count). The third-order valence-electron chi connectivity index (χ3n) is 3.63. The maximum atomic E-state index is 9.70. The van der Waals surface area contributed by atoms with Gasteiger partial charge in [0.1, 0.15) is 0 Å². The van der Waals surface area contributed by atoms with Crippen molar-refractivity contribution < 1.29 is 5.11 Å². The fraction of sp³-hybridized carbons (Fsp3) is 0.867. The van der Waals surface area contributed by atoms with E-state index in [1.807, 2.05) is 0 Å². The van der Waals surface area contributed by atoms with E-state index in [0.29, 0.717) is 5.25 Å². The summed E-state index contributed by atoms with van der Waals surface area (Å²) in [6.07, 6.45) is 14.4. The Hall–Kier alpha value is 0.0500. The zero-order chi connectivity index (χ0) is 12.5. The molecule has 0 heterocycles. The van der Waals surface area contributed by atoms with Crippen molar-refractivity contribution in [2.75, 3.05) is 0 Å². The molecule has 0 aromatic carbocycles. The maximum absolute atomic E-state index is 9.70. The summed E-state index contributed by atoms with van der Waals surface area (Å²) in [6.45, 7) is 2.25. The van der Waals surface area contributed by atoms with E-state index in [1.165, 1.54) is 44.1 Å². The van der Waals surface area contributed by atoms with Gasteiger partial charge in [0.05, 0.1) is 6.10 Å². The van der Waals surface area contributed by atoms with Crippen molar-refractivity contribution in [3.63, 3.8) is 0 Å². The minimum Gasteiger partial charge on any atom is -0.389 e. The molecule has 1 N–H and O–H groups in total. The second-order valence-corrected chi connectivity index (χ2v) is 5.94. The molecule has 0 radical (unpaired) electrons. The molecule has 0 aromatic heterocycles. The number of aliphatic hydroxyl groups is 1. The van der Waals surface area contributed by atoms with Gasteiger partial charge in [-0.2, -0.15) is 12.6 Å². The molecule has 0 aromatic rings. The standard InChI is InChI=1S/C15H28OS/c1-2-3-4-5-6-7-10-14(17)12-13-9-8-11-15(13)16/h12,14-17H,2-11H2,1H3/b13-12+/t14-,15-/m0/s1. The van der Waals surface area contributed by atoms with E-state index in [9.17, 15) is 5.11 Å². The molecule has 17 heavy (non-hydrogen) atoms. The van der Waals surface area contributed by atoms with Crippen LogP contribution in [0.25, 0.3) is 0 Å². The van der Waals surface area contributed by atoms with Crippen LogP contribution in [-0.2, 0) is 0 Å². The van der Waals surface area contributed by atoms with Gasteiger partial charge in [0, 0.05) is 5.25 Å². The molecule has 1 fully saturated rings. The number of aliphatic hydroxyl groups excluding tert-OH is 1. The van der Waals surface area contributed by atoms with Gasteiger partial charge in [0.15, 0.2) is 0 Å². The average Bonchev–Trinajstić information content (AvgIpc) is 2.69. The summed E-state index contributed by atoms with van der Waals surface area (Å²) in [5.41, 5.74) is 1.23. The normalized spacial score (nSPS) is 24.4. The molecule has 1 aliphatic rings. The van der Waals surface area contributed by atoms with Gasteiger partial charge in [-0.3, -0.25) is 0 Å². The molecular formula is C15H28OS. The van der Waals surface area contributed by atoms with Gasteiger partial charge in [-0.25, -0.2) is 0 Å². The van der Waals surface area contributed by atoms with Crippen molar-refractivity contribution in [1.82, 2.24) is 0 Å². The van der Waals surface area contributed by atoms with Crippen LogP contribution in [0.4, 0.5) is 0 Å². The summed E-state index contributed by atoms with van der Waals surface area (Å²) in [5, 5.41) is 10.1. The van der Waals surface area contributed by atoms with Crippen LogP contribution in [0.2, 0.25) is 0 Å². The Bertz CT molecular complexity index is 225. The molecule has 0 spiro atoms. The maximum Gasteiger partial charge on any atom is 0.0750 e. The van der Waals surface area contributed by atoms with Crippen LogP contribution in [-0.4, -0.2) is 16.5 Å². The average molecular weight is 256 g/mol. The van der Waals surface area contributed by atoms with E-state index < -0.39 is 0 Å². The van der Waals surface area contributed by atoms with Gasteiger partial charge < -0.3 is 5.11 Å². The third-order valence-corrected chi connectivity index (χ3v) is 4.04. The Balaban J connectivity index is 2.06. The molecule has 0 aliphatic heterocycles. The lowest BCUT2D eigenvalue weighted by Crippen LogP contribution is -2.05. The summed E-state index contributed by atoms with van der Waals surface area (Å²) in [6, 6.07) is 0. The zero-order valence-electron chi connectivity index (χ0n) is 11.2. The smallest absolute Gasteiger partial charge is 0.0750 e. The zero-order valence-corrected chi connectivity index (χ0v) is 12.1.